The van der Waals surface area contributed by atoms with E-state index in [2.05, 4.69) is 14.4 Å². The molecule has 1 N–H and O–H groups in total. The predicted octanol–water partition coefficient (Wildman–Crippen LogP) is 2.09. The molecule has 1 fully saturated rings. The number of nitrogens with one attached hydrogen (secondary N) is 1. The molecule has 1 aromatic heterocycles. The number of ether oxygens (including phenoxy) is 1. The first-order chi connectivity index (χ1) is 10.6. The zero-order valence-electron chi connectivity index (χ0n) is 12.0. The third kappa shape index (κ3) is 3.86. The second kappa shape index (κ2) is 6.50. The molecule has 0 spiro atoms. The maximum absolute atomic E-state index is 12.2. The predicted molar refractivity (Wildman–Crippen MR) is 80.8 cm³/mol. The second-order valence-corrected chi connectivity index (χ2v) is 7.13. The number of rotatable bonds is 6. The topological polar surface area (TPSA) is 81.4 Å². The Morgan fingerprint density at radius 1 is 1.23 bits per heavy atom. The van der Waals surface area contributed by atoms with Crippen molar-refractivity contribution in [3.63, 3.8) is 0 Å². The third-order valence-corrected chi connectivity index (χ3v) is 4.98. The van der Waals surface area contributed by atoms with Crippen LogP contribution in [0.25, 0.3) is 0 Å². The van der Waals surface area contributed by atoms with Gasteiger partial charge in [0, 0.05) is 6.07 Å². The summed E-state index contributed by atoms with van der Waals surface area (Å²) in [6.45, 7) is 0. The SMILES string of the molecule is O=S(=O)(Cc1ccon1)N[C@@H]1CCC[C@@H]1Oc1ccccc1. The number of sulfonamides is 1. The van der Waals surface area contributed by atoms with E-state index in [1.165, 1.54) is 6.26 Å². The molecule has 22 heavy (non-hydrogen) atoms. The third-order valence-electron chi connectivity index (χ3n) is 3.64. The summed E-state index contributed by atoms with van der Waals surface area (Å²) in [5.74, 6) is 0.577. The summed E-state index contributed by atoms with van der Waals surface area (Å²) in [7, 11) is -3.47. The van der Waals surface area contributed by atoms with Crippen LogP contribution in [0.4, 0.5) is 0 Å². The highest BCUT2D eigenvalue weighted by Crippen LogP contribution is 2.25. The van der Waals surface area contributed by atoms with Gasteiger partial charge in [0.05, 0.1) is 11.7 Å². The summed E-state index contributed by atoms with van der Waals surface area (Å²) in [5.41, 5.74) is 0.394. The summed E-state index contributed by atoms with van der Waals surface area (Å²) >= 11 is 0. The Kier molecular flexibility index (Phi) is 4.44. The maximum atomic E-state index is 12.2. The van der Waals surface area contributed by atoms with Crippen LogP contribution in [0.5, 0.6) is 5.75 Å². The van der Waals surface area contributed by atoms with E-state index >= 15 is 0 Å². The highest BCUT2D eigenvalue weighted by Gasteiger charge is 2.32. The minimum atomic E-state index is -3.47. The van der Waals surface area contributed by atoms with Crippen molar-refractivity contribution >= 4 is 10.0 Å². The molecule has 6 nitrogen and oxygen atoms in total. The van der Waals surface area contributed by atoms with E-state index in [1.807, 2.05) is 30.3 Å². The van der Waals surface area contributed by atoms with E-state index in [1.54, 1.807) is 6.07 Å². The summed E-state index contributed by atoms with van der Waals surface area (Å²) in [4.78, 5) is 0. The second-order valence-electron chi connectivity index (χ2n) is 5.37. The standard InChI is InChI=1S/C15H18N2O4S/c18-22(19,11-12-9-10-20-16-12)17-14-7-4-8-15(14)21-13-5-2-1-3-6-13/h1-3,5-6,9-10,14-15,17H,4,7-8,11H2/t14-,15+/m1/s1. The molecule has 0 unspecified atom stereocenters. The summed E-state index contributed by atoms with van der Waals surface area (Å²) < 4.78 is 37.7. The number of hydrogen-bond acceptors (Lipinski definition) is 5. The molecule has 1 aromatic carbocycles. The van der Waals surface area contributed by atoms with Gasteiger partial charge in [0.25, 0.3) is 0 Å². The van der Waals surface area contributed by atoms with E-state index in [0.29, 0.717) is 5.69 Å². The van der Waals surface area contributed by atoms with Gasteiger partial charge in [0.1, 0.15) is 23.9 Å². The number of hydrogen-bond donors (Lipinski definition) is 1. The van der Waals surface area contributed by atoms with Gasteiger partial charge in [-0.15, -0.1) is 0 Å². The molecule has 7 heteroatoms. The van der Waals surface area contributed by atoms with Crippen LogP contribution in [0, 0.1) is 0 Å². The number of para-hydroxylation sites is 1. The van der Waals surface area contributed by atoms with Crippen LogP contribution >= 0.6 is 0 Å². The maximum Gasteiger partial charge on any atom is 0.217 e. The van der Waals surface area contributed by atoms with E-state index in [-0.39, 0.29) is 17.9 Å². The van der Waals surface area contributed by atoms with Crippen molar-refractivity contribution in [2.75, 3.05) is 0 Å². The molecule has 0 bridgehead atoms. The molecule has 0 aliphatic heterocycles. The van der Waals surface area contributed by atoms with Gasteiger partial charge in [0.15, 0.2) is 0 Å². The fourth-order valence-electron chi connectivity index (χ4n) is 2.65. The molecule has 1 heterocycles. The van der Waals surface area contributed by atoms with Gasteiger partial charge in [-0.25, -0.2) is 13.1 Å². The summed E-state index contributed by atoms with van der Waals surface area (Å²) in [6, 6.07) is 10.8. The number of nitrogens with zero attached hydrogens (tertiary/aromatic N) is 1. The van der Waals surface area contributed by atoms with Crippen molar-refractivity contribution in [1.29, 1.82) is 0 Å². The van der Waals surface area contributed by atoms with Gasteiger partial charge >= 0.3 is 0 Å². The Morgan fingerprint density at radius 3 is 2.77 bits per heavy atom. The normalized spacial score (nSPS) is 21.8. The summed E-state index contributed by atoms with van der Waals surface area (Å²) in [5, 5.41) is 3.64. The molecule has 118 valence electrons. The Balaban J connectivity index is 1.63. The van der Waals surface area contributed by atoms with Crippen LogP contribution in [0.1, 0.15) is 25.0 Å². The fourth-order valence-corrected chi connectivity index (χ4v) is 4.01. The Morgan fingerprint density at radius 2 is 2.05 bits per heavy atom. The lowest BCUT2D eigenvalue weighted by atomic mass is 10.2. The number of aromatic nitrogens is 1. The molecule has 0 radical (unpaired) electrons. The minimum Gasteiger partial charge on any atom is -0.489 e. The van der Waals surface area contributed by atoms with Crippen LogP contribution in [0.2, 0.25) is 0 Å². The summed E-state index contributed by atoms with van der Waals surface area (Å²) in [6.07, 6.45) is 3.77. The molecule has 1 aliphatic rings. The molecular weight excluding hydrogens is 304 g/mol. The average molecular weight is 322 g/mol. The van der Waals surface area contributed by atoms with Crippen molar-refractivity contribution in [3.05, 3.63) is 48.4 Å². The lowest BCUT2D eigenvalue weighted by molar-refractivity contribution is 0.185. The van der Waals surface area contributed by atoms with Gasteiger partial charge in [-0.1, -0.05) is 23.4 Å². The molecule has 3 rings (SSSR count). The highest BCUT2D eigenvalue weighted by atomic mass is 32.2. The first-order valence-corrected chi connectivity index (χ1v) is 8.88. The Hall–Kier alpha value is -1.86. The number of benzene rings is 1. The van der Waals surface area contributed by atoms with Gasteiger partial charge < -0.3 is 9.26 Å². The Bertz CT molecular complexity index is 686. The van der Waals surface area contributed by atoms with Crippen LogP contribution in [-0.4, -0.2) is 25.7 Å². The van der Waals surface area contributed by atoms with Crippen LogP contribution < -0.4 is 9.46 Å². The van der Waals surface area contributed by atoms with Crippen LogP contribution in [-0.2, 0) is 15.8 Å². The molecule has 1 aliphatic carbocycles. The van der Waals surface area contributed by atoms with Crippen LogP contribution in [0.15, 0.2) is 47.2 Å². The molecule has 2 atom stereocenters. The zero-order valence-corrected chi connectivity index (χ0v) is 12.8. The largest absolute Gasteiger partial charge is 0.489 e. The first-order valence-electron chi connectivity index (χ1n) is 7.23. The molecule has 2 aromatic rings. The van der Waals surface area contributed by atoms with E-state index < -0.39 is 10.0 Å². The molecule has 0 saturated heterocycles. The van der Waals surface area contributed by atoms with Gasteiger partial charge in [-0.05, 0) is 31.4 Å². The van der Waals surface area contributed by atoms with Gasteiger partial charge in [-0.2, -0.15) is 0 Å². The van der Waals surface area contributed by atoms with Crippen molar-refractivity contribution in [2.45, 2.75) is 37.2 Å². The van der Waals surface area contributed by atoms with E-state index in [9.17, 15) is 8.42 Å². The molecule has 0 amide bonds. The fraction of sp³-hybridized carbons (Fsp3) is 0.400. The molecular formula is C15H18N2O4S. The van der Waals surface area contributed by atoms with E-state index in [0.717, 1.165) is 25.0 Å². The lowest BCUT2D eigenvalue weighted by Gasteiger charge is -2.22. The quantitative estimate of drug-likeness (QED) is 0.881. The van der Waals surface area contributed by atoms with Gasteiger partial charge in [0.2, 0.25) is 10.0 Å². The Labute approximate surface area is 129 Å². The lowest BCUT2D eigenvalue weighted by Crippen LogP contribution is -2.42. The smallest absolute Gasteiger partial charge is 0.217 e. The van der Waals surface area contributed by atoms with Crippen molar-refractivity contribution in [3.8, 4) is 5.75 Å². The van der Waals surface area contributed by atoms with Crippen molar-refractivity contribution in [1.82, 2.24) is 9.88 Å². The first kappa shape index (κ1) is 15.1. The minimum absolute atomic E-state index is 0.144. The van der Waals surface area contributed by atoms with E-state index in [4.69, 9.17) is 4.74 Å². The zero-order chi connectivity index (χ0) is 15.4. The highest BCUT2D eigenvalue weighted by molar-refractivity contribution is 7.88. The van der Waals surface area contributed by atoms with Crippen LogP contribution in [0.3, 0.4) is 0 Å². The van der Waals surface area contributed by atoms with Crippen molar-refractivity contribution in [2.24, 2.45) is 0 Å². The van der Waals surface area contributed by atoms with Crippen molar-refractivity contribution < 1.29 is 17.7 Å². The average Bonchev–Trinajstić information content (AvgIpc) is 3.12. The van der Waals surface area contributed by atoms with Gasteiger partial charge in [-0.3, -0.25) is 0 Å². The monoisotopic (exact) mass is 322 g/mol. The molecule has 1 saturated carbocycles.